The van der Waals surface area contributed by atoms with E-state index in [1.807, 2.05) is 0 Å². The van der Waals surface area contributed by atoms with Crippen LogP contribution >= 0.6 is 0 Å². The van der Waals surface area contributed by atoms with E-state index >= 15 is 0 Å². The fourth-order valence-electron chi connectivity index (χ4n) is 2.29. The molecule has 2 atom stereocenters. The lowest BCUT2D eigenvalue weighted by Crippen LogP contribution is -2.49. The van der Waals surface area contributed by atoms with Crippen LogP contribution in [0.4, 0.5) is 0 Å². The van der Waals surface area contributed by atoms with Gasteiger partial charge in [-0.1, -0.05) is 20.8 Å². The first-order valence-corrected chi connectivity index (χ1v) is 6.19. The summed E-state index contributed by atoms with van der Waals surface area (Å²) in [7, 11) is 0. The summed E-state index contributed by atoms with van der Waals surface area (Å²) in [5.74, 6) is 0. The molecule has 0 N–H and O–H groups in total. The van der Waals surface area contributed by atoms with Gasteiger partial charge in [0, 0.05) is 18.6 Å². The Hall–Kier alpha value is -0.0800. The molecule has 1 aliphatic heterocycles. The topological polar surface area (TPSA) is 12.5 Å². The number of hydrogen-bond acceptors (Lipinski definition) is 2. The molecular weight excluding hydrogens is 186 g/mol. The van der Waals surface area contributed by atoms with E-state index in [0.717, 1.165) is 13.0 Å². The molecule has 0 aromatic heterocycles. The van der Waals surface area contributed by atoms with E-state index in [9.17, 15) is 0 Å². The maximum Gasteiger partial charge on any atom is 0.0630 e. The molecule has 0 radical (unpaired) electrons. The summed E-state index contributed by atoms with van der Waals surface area (Å²) < 4.78 is 5.88. The van der Waals surface area contributed by atoms with Gasteiger partial charge in [-0.05, 0) is 32.6 Å². The SMILES string of the molecule is CC1CCN(C(C)C)[C@H](C(C)(C)C)CO1. The molecule has 0 aliphatic carbocycles. The summed E-state index contributed by atoms with van der Waals surface area (Å²) in [6.45, 7) is 15.7. The van der Waals surface area contributed by atoms with E-state index in [1.165, 1.54) is 6.54 Å². The third-order valence-corrected chi connectivity index (χ3v) is 3.40. The molecule has 2 nitrogen and oxygen atoms in total. The number of ether oxygens (including phenoxy) is 1. The van der Waals surface area contributed by atoms with Crippen molar-refractivity contribution in [1.82, 2.24) is 4.90 Å². The Morgan fingerprint density at radius 1 is 1.27 bits per heavy atom. The molecule has 0 aromatic rings. The minimum absolute atomic E-state index is 0.300. The van der Waals surface area contributed by atoms with Gasteiger partial charge in [0.2, 0.25) is 0 Å². The molecule has 1 saturated heterocycles. The summed E-state index contributed by atoms with van der Waals surface area (Å²) in [5, 5.41) is 0. The van der Waals surface area contributed by atoms with Crippen molar-refractivity contribution in [3.05, 3.63) is 0 Å². The van der Waals surface area contributed by atoms with Crippen molar-refractivity contribution in [2.24, 2.45) is 5.41 Å². The summed E-state index contributed by atoms with van der Waals surface area (Å²) in [6, 6.07) is 1.16. The normalized spacial score (nSPS) is 30.6. The van der Waals surface area contributed by atoms with Crippen LogP contribution in [0.15, 0.2) is 0 Å². The Morgan fingerprint density at radius 2 is 1.87 bits per heavy atom. The predicted octanol–water partition coefficient (Wildman–Crippen LogP) is 2.92. The zero-order valence-corrected chi connectivity index (χ0v) is 11.2. The molecular formula is C13H27NO. The number of nitrogens with zero attached hydrogens (tertiary/aromatic N) is 1. The van der Waals surface area contributed by atoms with Gasteiger partial charge in [-0.15, -0.1) is 0 Å². The molecule has 0 bridgehead atoms. The van der Waals surface area contributed by atoms with Crippen molar-refractivity contribution in [2.75, 3.05) is 13.2 Å². The van der Waals surface area contributed by atoms with Gasteiger partial charge in [-0.2, -0.15) is 0 Å². The molecule has 1 heterocycles. The first-order chi connectivity index (χ1) is 6.82. The second kappa shape index (κ2) is 4.84. The highest BCUT2D eigenvalue weighted by Crippen LogP contribution is 2.29. The molecule has 15 heavy (non-hydrogen) atoms. The maximum atomic E-state index is 5.88. The van der Waals surface area contributed by atoms with E-state index in [-0.39, 0.29) is 0 Å². The van der Waals surface area contributed by atoms with Gasteiger partial charge < -0.3 is 4.74 Å². The summed E-state index contributed by atoms with van der Waals surface area (Å²) in [5.41, 5.74) is 0.300. The van der Waals surface area contributed by atoms with Crippen LogP contribution in [-0.2, 0) is 4.74 Å². The monoisotopic (exact) mass is 213 g/mol. The van der Waals surface area contributed by atoms with E-state index in [0.29, 0.717) is 23.6 Å². The van der Waals surface area contributed by atoms with E-state index in [4.69, 9.17) is 4.74 Å². The third-order valence-electron chi connectivity index (χ3n) is 3.40. The zero-order chi connectivity index (χ0) is 11.6. The zero-order valence-electron chi connectivity index (χ0n) is 11.2. The highest BCUT2D eigenvalue weighted by molar-refractivity contribution is 4.87. The van der Waals surface area contributed by atoms with Crippen LogP contribution in [-0.4, -0.2) is 36.2 Å². The van der Waals surface area contributed by atoms with Crippen LogP contribution in [0.25, 0.3) is 0 Å². The lowest BCUT2D eigenvalue weighted by molar-refractivity contribution is 0.00658. The molecule has 1 rings (SSSR count). The Bertz CT molecular complexity index is 195. The first-order valence-electron chi connectivity index (χ1n) is 6.19. The molecule has 1 fully saturated rings. The van der Waals surface area contributed by atoms with Gasteiger partial charge >= 0.3 is 0 Å². The number of rotatable bonds is 1. The van der Waals surface area contributed by atoms with Crippen LogP contribution in [0.1, 0.15) is 48.0 Å². The predicted molar refractivity (Wildman–Crippen MR) is 65.1 cm³/mol. The van der Waals surface area contributed by atoms with Crippen molar-refractivity contribution < 1.29 is 4.74 Å². The van der Waals surface area contributed by atoms with Gasteiger partial charge in [0.1, 0.15) is 0 Å². The molecule has 90 valence electrons. The molecule has 1 aliphatic rings. The third kappa shape index (κ3) is 3.46. The first kappa shape index (κ1) is 13.0. The Balaban J connectivity index is 2.78. The highest BCUT2D eigenvalue weighted by Gasteiger charge is 2.34. The minimum atomic E-state index is 0.300. The van der Waals surface area contributed by atoms with Crippen molar-refractivity contribution in [3.8, 4) is 0 Å². The fourth-order valence-corrected chi connectivity index (χ4v) is 2.29. The van der Waals surface area contributed by atoms with Crippen molar-refractivity contribution in [1.29, 1.82) is 0 Å². The second-order valence-corrected chi connectivity index (χ2v) is 6.15. The highest BCUT2D eigenvalue weighted by atomic mass is 16.5. The van der Waals surface area contributed by atoms with Gasteiger partial charge in [-0.25, -0.2) is 0 Å². The molecule has 0 spiro atoms. The standard InChI is InChI=1S/C13H27NO/c1-10(2)14-8-7-11(3)15-9-12(14)13(4,5)6/h10-12H,7-9H2,1-6H3/t11?,12-/m0/s1. The Morgan fingerprint density at radius 3 is 2.33 bits per heavy atom. The van der Waals surface area contributed by atoms with Gasteiger partial charge in [0.25, 0.3) is 0 Å². The molecule has 0 aromatic carbocycles. The van der Waals surface area contributed by atoms with Crippen molar-refractivity contribution in [2.45, 2.75) is 66.2 Å². The van der Waals surface area contributed by atoms with Gasteiger partial charge in [0.15, 0.2) is 0 Å². The lowest BCUT2D eigenvalue weighted by atomic mass is 9.85. The van der Waals surface area contributed by atoms with Crippen LogP contribution in [0.5, 0.6) is 0 Å². The minimum Gasteiger partial charge on any atom is -0.377 e. The van der Waals surface area contributed by atoms with Crippen LogP contribution in [0.2, 0.25) is 0 Å². The van der Waals surface area contributed by atoms with Crippen LogP contribution in [0.3, 0.4) is 0 Å². The van der Waals surface area contributed by atoms with E-state index in [2.05, 4.69) is 46.4 Å². The fraction of sp³-hybridized carbons (Fsp3) is 1.00. The van der Waals surface area contributed by atoms with Gasteiger partial charge in [-0.3, -0.25) is 4.90 Å². The number of hydrogen-bond donors (Lipinski definition) is 0. The van der Waals surface area contributed by atoms with Crippen molar-refractivity contribution >= 4 is 0 Å². The largest absolute Gasteiger partial charge is 0.377 e. The average Bonchev–Trinajstić information content (AvgIpc) is 2.25. The maximum absolute atomic E-state index is 5.88. The van der Waals surface area contributed by atoms with Crippen LogP contribution < -0.4 is 0 Å². The smallest absolute Gasteiger partial charge is 0.0630 e. The van der Waals surface area contributed by atoms with Crippen molar-refractivity contribution in [3.63, 3.8) is 0 Å². The van der Waals surface area contributed by atoms with Gasteiger partial charge in [0.05, 0.1) is 12.7 Å². The molecule has 0 amide bonds. The summed E-state index contributed by atoms with van der Waals surface area (Å²) >= 11 is 0. The molecule has 1 unspecified atom stereocenters. The van der Waals surface area contributed by atoms with E-state index in [1.54, 1.807) is 0 Å². The average molecular weight is 213 g/mol. The lowest BCUT2D eigenvalue weighted by Gasteiger charge is -2.40. The summed E-state index contributed by atoms with van der Waals surface area (Å²) in [4.78, 5) is 2.60. The quantitative estimate of drug-likeness (QED) is 0.664. The second-order valence-electron chi connectivity index (χ2n) is 6.15. The van der Waals surface area contributed by atoms with Crippen LogP contribution in [0, 0.1) is 5.41 Å². The van der Waals surface area contributed by atoms with E-state index < -0.39 is 0 Å². The summed E-state index contributed by atoms with van der Waals surface area (Å²) in [6.07, 6.45) is 1.57. The Kier molecular flexibility index (Phi) is 4.19. The molecule has 2 heteroatoms. The molecule has 0 saturated carbocycles. The Labute approximate surface area is 95.0 Å².